The number of hydrogen-bond acceptors (Lipinski definition) is 4. The number of likely N-dealkylation sites (N-methyl/N-ethyl adjacent to an activating group) is 1. The molecule has 1 aromatic rings. The second-order valence-electron chi connectivity index (χ2n) is 4.62. The van der Waals surface area contributed by atoms with Gasteiger partial charge in [-0.3, -0.25) is 4.79 Å². The number of ether oxygens (including phenoxy) is 1. The molecule has 20 heavy (non-hydrogen) atoms. The molecule has 0 spiro atoms. The Kier molecular flexibility index (Phi) is 7.14. The number of hydrogen-bond donors (Lipinski definition) is 2. The lowest BCUT2D eigenvalue weighted by molar-refractivity contribution is 0.0900. The van der Waals surface area contributed by atoms with Crippen molar-refractivity contribution in [2.24, 2.45) is 5.73 Å². The maximum Gasteiger partial charge on any atom is 0.251 e. The quantitative estimate of drug-likeness (QED) is 0.544. The number of benzene rings is 1. The number of amides is 1. The molecule has 0 bridgehead atoms. The van der Waals surface area contributed by atoms with Crippen LogP contribution in [0.3, 0.4) is 0 Å². The molecule has 0 unspecified atom stereocenters. The number of nitrogens with zero attached hydrogens (tertiary/aromatic N) is 1. The molecule has 5 nitrogen and oxygen atoms in total. The van der Waals surface area contributed by atoms with Crippen molar-refractivity contribution in [3.05, 3.63) is 35.4 Å². The van der Waals surface area contributed by atoms with Gasteiger partial charge >= 0.3 is 0 Å². The van der Waals surface area contributed by atoms with Crippen LogP contribution in [0, 0.1) is 0 Å². The Labute approximate surface area is 125 Å². The minimum Gasteiger partial charge on any atom is -0.389 e. The highest BCUT2D eigenvalue weighted by Crippen LogP contribution is 2.05. The standard InChI is InChI=1S/C14H21N3O2S/c1-17(2)7-9-19-8-6-16-14(18)12-5-3-4-11(10-12)13(15)20/h3-5,10H,6-9H2,1-2H3,(H2,15,20)(H,16,18). The molecule has 3 N–H and O–H groups in total. The molecule has 0 heterocycles. The Hall–Kier alpha value is -1.50. The van der Waals surface area contributed by atoms with Crippen LogP contribution in [0.1, 0.15) is 15.9 Å². The fraction of sp³-hybridized carbons (Fsp3) is 0.429. The summed E-state index contributed by atoms with van der Waals surface area (Å²) in [7, 11) is 3.97. The zero-order valence-electron chi connectivity index (χ0n) is 11.9. The Morgan fingerprint density at radius 2 is 2.05 bits per heavy atom. The molecule has 0 aliphatic rings. The Morgan fingerprint density at radius 1 is 1.35 bits per heavy atom. The van der Waals surface area contributed by atoms with Crippen LogP contribution in [0.4, 0.5) is 0 Å². The molecule has 0 saturated heterocycles. The van der Waals surface area contributed by atoms with Crippen LogP contribution >= 0.6 is 12.2 Å². The molecular formula is C14H21N3O2S. The predicted octanol–water partition coefficient (Wildman–Crippen LogP) is 0.629. The summed E-state index contributed by atoms with van der Waals surface area (Å²) < 4.78 is 5.40. The first kappa shape index (κ1) is 16.6. The van der Waals surface area contributed by atoms with E-state index in [1.54, 1.807) is 24.3 Å². The van der Waals surface area contributed by atoms with Gasteiger partial charge in [-0.1, -0.05) is 24.4 Å². The first-order chi connectivity index (χ1) is 9.50. The Morgan fingerprint density at radius 3 is 2.70 bits per heavy atom. The zero-order valence-corrected chi connectivity index (χ0v) is 12.7. The fourth-order valence-corrected chi connectivity index (χ4v) is 1.63. The predicted molar refractivity (Wildman–Crippen MR) is 84.0 cm³/mol. The Bertz CT molecular complexity index is 463. The number of rotatable bonds is 8. The van der Waals surface area contributed by atoms with Crippen molar-refractivity contribution in [3.8, 4) is 0 Å². The van der Waals surface area contributed by atoms with Crippen LogP contribution in [0.5, 0.6) is 0 Å². The summed E-state index contributed by atoms with van der Waals surface area (Å²) in [6.45, 7) is 2.49. The fourth-order valence-electron chi connectivity index (χ4n) is 1.50. The summed E-state index contributed by atoms with van der Waals surface area (Å²) in [5.74, 6) is -0.153. The molecule has 110 valence electrons. The van der Waals surface area contributed by atoms with Crippen LogP contribution in [-0.2, 0) is 4.74 Å². The number of carbonyl (C=O) groups excluding carboxylic acids is 1. The summed E-state index contributed by atoms with van der Waals surface area (Å²) >= 11 is 4.89. The van der Waals surface area contributed by atoms with Crippen molar-refractivity contribution in [1.82, 2.24) is 10.2 Å². The van der Waals surface area contributed by atoms with E-state index in [0.29, 0.717) is 30.9 Å². The molecule has 1 rings (SSSR count). The highest BCUT2D eigenvalue weighted by Gasteiger charge is 2.06. The van der Waals surface area contributed by atoms with Crippen LogP contribution in [0.2, 0.25) is 0 Å². The molecule has 1 aromatic carbocycles. The molecule has 0 atom stereocenters. The lowest BCUT2D eigenvalue weighted by atomic mass is 10.1. The molecular weight excluding hydrogens is 274 g/mol. The van der Waals surface area contributed by atoms with E-state index in [0.717, 1.165) is 6.54 Å². The topological polar surface area (TPSA) is 67.6 Å². The van der Waals surface area contributed by atoms with Crippen molar-refractivity contribution in [2.45, 2.75) is 0 Å². The lowest BCUT2D eigenvalue weighted by Crippen LogP contribution is -2.28. The molecule has 0 radical (unpaired) electrons. The molecule has 1 amide bonds. The maximum absolute atomic E-state index is 11.9. The Balaban J connectivity index is 2.32. The zero-order chi connectivity index (χ0) is 15.0. The van der Waals surface area contributed by atoms with Gasteiger partial charge in [0.05, 0.1) is 13.2 Å². The maximum atomic E-state index is 11.9. The highest BCUT2D eigenvalue weighted by molar-refractivity contribution is 7.80. The minimum absolute atomic E-state index is 0.153. The number of nitrogens with one attached hydrogen (secondary N) is 1. The first-order valence-electron chi connectivity index (χ1n) is 6.41. The number of thiocarbonyl (C=S) groups is 1. The van der Waals surface area contributed by atoms with Gasteiger partial charge < -0.3 is 20.7 Å². The van der Waals surface area contributed by atoms with Crippen molar-refractivity contribution in [1.29, 1.82) is 0 Å². The van der Waals surface area contributed by atoms with Gasteiger partial charge in [-0.05, 0) is 26.2 Å². The summed E-state index contributed by atoms with van der Waals surface area (Å²) in [5.41, 5.74) is 6.77. The molecule has 0 fully saturated rings. The van der Waals surface area contributed by atoms with Crippen LogP contribution < -0.4 is 11.1 Å². The van der Waals surface area contributed by atoms with Crippen LogP contribution in [0.25, 0.3) is 0 Å². The van der Waals surface area contributed by atoms with E-state index in [2.05, 4.69) is 5.32 Å². The minimum atomic E-state index is -0.153. The third-order valence-electron chi connectivity index (χ3n) is 2.62. The van der Waals surface area contributed by atoms with E-state index in [-0.39, 0.29) is 10.9 Å². The molecule has 0 saturated carbocycles. The second kappa shape index (κ2) is 8.63. The van der Waals surface area contributed by atoms with E-state index in [9.17, 15) is 4.79 Å². The summed E-state index contributed by atoms with van der Waals surface area (Å²) in [5, 5.41) is 2.79. The van der Waals surface area contributed by atoms with Crippen molar-refractivity contribution in [2.75, 3.05) is 40.4 Å². The summed E-state index contributed by atoms with van der Waals surface area (Å²) in [6, 6.07) is 6.95. The number of nitrogens with two attached hydrogens (primary N) is 1. The van der Waals surface area contributed by atoms with Crippen molar-refractivity contribution < 1.29 is 9.53 Å². The van der Waals surface area contributed by atoms with Gasteiger partial charge in [-0.25, -0.2) is 0 Å². The van der Waals surface area contributed by atoms with Gasteiger partial charge in [-0.15, -0.1) is 0 Å². The highest BCUT2D eigenvalue weighted by atomic mass is 32.1. The van der Waals surface area contributed by atoms with E-state index in [4.69, 9.17) is 22.7 Å². The van der Waals surface area contributed by atoms with E-state index in [1.807, 2.05) is 19.0 Å². The van der Waals surface area contributed by atoms with Gasteiger partial charge in [0.1, 0.15) is 4.99 Å². The third kappa shape index (κ3) is 6.10. The first-order valence-corrected chi connectivity index (χ1v) is 6.82. The van der Waals surface area contributed by atoms with Crippen LogP contribution in [0.15, 0.2) is 24.3 Å². The summed E-state index contributed by atoms with van der Waals surface area (Å²) in [6.07, 6.45) is 0. The average Bonchev–Trinajstić information content (AvgIpc) is 2.42. The monoisotopic (exact) mass is 295 g/mol. The van der Waals surface area contributed by atoms with E-state index >= 15 is 0 Å². The normalized spacial score (nSPS) is 10.6. The van der Waals surface area contributed by atoms with E-state index < -0.39 is 0 Å². The van der Waals surface area contributed by atoms with Crippen molar-refractivity contribution in [3.63, 3.8) is 0 Å². The van der Waals surface area contributed by atoms with Gasteiger partial charge in [0.25, 0.3) is 5.91 Å². The smallest absolute Gasteiger partial charge is 0.251 e. The molecule has 0 aliphatic heterocycles. The third-order valence-corrected chi connectivity index (χ3v) is 2.86. The number of carbonyl (C=O) groups is 1. The van der Waals surface area contributed by atoms with Crippen LogP contribution in [-0.4, -0.2) is 56.2 Å². The molecule has 6 heteroatoms. The lowest BCUT2D eigenvalue weighted by Gasteiger charge is -2.10. The average molecular weight is 295 g/mol. The van der Waals surface area contributed by atoms with E-state index in [1.165, 1.54) is 0 Å². The van der Waals surface area contributed by atoms with Crippen molar-refractivity contribution >= 4 is 23.1 Å². The molecule has 0 aliphatic carbocycles. The largest absolute Gasteiger partial charge is 0.389 e. The van der Waals surface area contributed by atoms with Gasteiger partial charge in [0.15, 0.2) is 0 Å². The SMILES string of the molecule is CN(C)CCOCCNC(=O)c1cccc(C(N)=S)c1. The van der Waals surface area contributed by atoms with Gasteiger partial charge in [0, 0.05) is 24.2 Å². The summed E-state index contributed by atoms with van der Waals surface area (Å²) in [4.78, 5) is 14.2. The second-order valence-corrected chi connectivity index (χ2v) is 5.06. The molecule has 0 aromatic heterocycles. The van der Waals surface area contributed by atoms with Gasteiger partial charge in [-0.2, -0.15) is 0 Å². The van der Waals surface area contributed by atoms with Gasteiger partial charge in [0.2, 0.25) is 0 Å².